The maximum Gasteiger partial charge on any atom is 0.219 e. The molecule has 0 radical (unpaired) electrons. The van der Waals surface area contributed by atoms with Crippen molar-refractivity contribution in [3.63, 3.8) is 0 Å². The van der Waals surface area contributed by atoms with E-state index in [4.69, 9.17) is 0 Å². The molecular formula is C8H13IO2. The van der Waals surface area contributed by atoms with Crippen LogP contribution < -0.4 is 0 Å². The highest BCUT2D eigenvalue weighted by Gasteiger charge is 2.48. The van der Waals surface area contributed by atoms with Crippen LogP contribution >= 0.6 is 22.6 Å². The summed E-state index contributed by atoms with van der Waals surface area (Å²) >= 11 is 1.75. The Labute approximate surface area is 80.1 Å². The molecule has 2 bridgehead atoms. The number of fused-ring (bicyclic) bond motifs is 2. The fourth-order valence-corrected chi connectivity index (χ4v) is 3.46. The predicted octanol–water partition coefficient (Wildman–Crippen LogP) is 1.50. The minimum atomic E-state index is -1.45. The monoisotopic (exact) mass is 268 g/mol. The first-order valence-corrected chi connectivity index (χ1v) is 5.29. The van der Waals surface area contributed by atoms with Crippen LogP contribution in [-0.2, 0) is 0 Å². The summed E-state index contributed by atoms with van der Waals surface area (Å²) in [7, 11) is 0. The molecule has 2 aliphatic rings. The van der Waals surface area contributed by atoms with Gasteiger partial charge in [0.15, 0.2) is 0 Å². The molecule has 3 unspecified atom stereocenters. The summed E-state index contributed by atoms with van der Waals surface area (Å²) in [6.07, 6.45) is 4.78. The van der Waals surface area contributed by atoms with Gasteiger partial charge in [-0.3, -0.25) is 0 Å². The van der Waals surface area contributed by atoms with Gasteiger partial charge >= 0.3 is 0 Å². The van der Waals surface area contributed by atoms with E-state index in [2.05, 4.69) is 0 Å². The van der Waals surface area contributed by atoms with E-state index in [9.17, 15) is 10.2 Å². The molecule has 3 atom stereocenters. The third kappa shape index (κ3) is 1.42. The third-order valence-electron chi connectivity index (χ3n) is 3.21. The highest BCUT2D eigenvalue weighted by atomic mass is 127. The molecule has 2 N–H and O–H groups in total. The van der Waals surface area contributed by atoms with Gasteiger partial charge in [0.05, 0.1) is 0 Å². The maximum atomic E-state index is 9.38. The second-order valence-corrected chi connectivity index (χ2v) is 5.51. The second-order valence-electron chi connectivity index (χ2n) is 3.92. The van der Waals surface area contributed by atoms with Crippen molar-refractivity contribution in [1.82, 2.24) is 0 Å². The standard InChI is InChI=1S/C8H13IO2/c9-8(10,11)7-4-5-1-2-6(7)3-5/h5-7,10-11H,1-4H2. The van der Waals surface area contributed by atoms with E-state index in [0.29, 0.717) is 5.92 Å². The van der Waals surface area contributed by atoms with E-state index in [1.807, 2.05) is 0 Å². The summed E-state index contributed by atoms with van der Waals surface area (Å²) in [5.74, 6) is 1.52. The van der Waals surface area contributed by atoms with Gasteiger partial charge in [-0.05, 0) is 53.7 Å². The van der Waals surface area contributed by atoms with Crippen LogP contribution in [0.5, 0.6) is 0 Å². The normalized spacial score (nSPS) is 43.4. The van der Waals surface area contributed by atoms with E-state index in [1.54, 1.807) is 22.6 Å². The summed E-state index contributed by atoms with van der Waals surface area (Å²) in [5.41, 5.74) is 0. The van der Waals surface area contributed by atoms with Gasteiger partial charge in [-0.2, -0.15) is 0 Å². The smallest absolute Gasteiger partial charge is 0.219 e. The fourth-order valence-electron chi connectivity index (χ4n) is 2.69. The van der Waals surface area contributed by atoms with Crippen molar-refractivity contribution in [2.75, 3.05) is 0 Å². The van der Waals surface area contributed by atoms with Crippen LogP contribution in [0, 0.1) is 17.8 Å². The zero-order chi connectivity index (χ0) is 8.06. The van der Waals surface area contributed by atoms with Crippen LogP contribution in [0.2, 0.25) is 0 Å². The SMILES string of the molecule is OC(O)(I)C1CC2CCC1C2. The Bertz CT molecular complexity index is 164. The molecule has 2 saturated carbocycles. The Morgan fingerprint density at radius 3 is 2.18 bits per heavy atom. The van der Waals surface area contributed by atoms with Crippen molar-refractivity contribution < 1.29 is 10.2 Å². The molecule has 2 fully saturated rings. The first kappa shape index (κ1) is 8.26. The zero-order valence-electron chi connectivity index (χ0n) is 6.33. The summed E-state index contributed by atoms with van der Waals surface area (Å²) in [6, 6.07) is 0. The Hall–Kier alpha value is 0.650. The molecule has 2 nitrogen and oxygen atoms in total. The molecule has 2 rings (SSSR count). The van der Waals surface area contributed by atoms with Gasteiger partial charge in [0, 0.05) is 5.92 Å². The molecule has 0 aromatic heterocycles. The molecular weight excluding hydrogens is 255 g/mol. The molecule has 0 heterocycles. The number of halogens is 1. The van der Waals surface area contributed by atoms with Crippen molar-refractivity contribution >= 4 is 22.6 Å². The molecule has 0 amide bonds. The van der Waals surface area contributed by atoms with E-state index >= 15 is 0 Å². The molecule has 0 aliphatic heterocycles. The highest BCUT2D eigenvalue weighted by Crippen LogP contribution is 2.52. The van der Waals surface area contributed by atoms with Crippen LogP contribution in [0.4, 0.5) is 0 Å². The lowest BCUT2D eigenvalue weighted by Crippen LogP contribution is -2.34. The highest BCUT2D eigenvalue weighted by molar-refractivity contribution is 14.1. The summed E-state index contributed by atoms with van der Waals surface area (Å²) in [6.45, 7) is 0. The van der Waals surface area contributed by atoms with E-state index in [-0.39, 0.29) is 5.92 Å². The van der Waals surface area contributed by atoms with Gasteiger partial charge in [0.2, 0.25) is 3.79 Å². The van der Waals surface area contributed by atoms with Gasteiger partial charge in [0.1, 0.15) is 0 Å². The first-order valence-electron chi connectivity index (χ1n) is 4.21. The maximum absolute atomic E-state index is 9.38. The van der Waals surface area contributed by atoms with Crippen LogP contribution in [-0.4, -0.2) is 14.0 Å². The van der Waals surface area contributed by atoms with Gasteiger partial charge in [-0.15, -0.1) is 0 Å². The third-order valence-corrected chi connectivity index (χ3v) is 4.01. The van der Waals surface area contributed by atoms with Crippen molar-refractivity contribution in [1.29, 1.82) is 0 Å². The van der Waals surface area contributed by atoms with Gasteiger partial charge in [-0.1, -0.05) is 6.42 Å². The largest absolute Gasteiger partial charge is 0.357 e. The number of alkyl halides is 1. The van der Waals surface area contributed by atoms with Crippen molar-refractivity contribution in [2.24, 2.45) is 17.8 Å². The topological polar surface area (TPSA) is 40.5 Å². The lowest BCUT2D eigenvalue weighted by Gasteiger charge is -2.29. The summed E-state index contributed by atoms with van der Waals surface area (Å²) < 4.78 is -1.45. The van der Waals surface area contributed by atoms with Gasteiger partial charge in [-0.25, -0.2) is 0 Å². The van der Waals surface area contributed by atoms with E-state index in [1.165, 1.54) is 19.3 Å². The molecule has 0 aromatic rings. The number of aliphatic hydroxyl groups is 2. The van der Waals surface area contributed by atoms with Crippen LogP contribution in [0.1, 0.15) is 25.7 Å². The van der Waals surface area contributed by atoms with Crippen molar-refractivity contribution in [2.45, 2.75) is 29.5 Å². The van der Waals surface area contributed by atoms with Crippen LogP contribution in [0.25, 0.3) is 0 Å². The molecule has 3 heteroatoms. The summed E-state index contributed by atoms with van der Waals surface area (Å²) in [5, 5.41) is 18.8. The number of hydrogen-bond acceptors (Lipinski definition) is 2. The Balaban J connectivity index is 2.08. The predicted molar refractivity (Wildman–Crippen MR) is 50.1 cm³/mol. The Morgan fingerprint density at radius 2 is 1.91 bits per heavy atom. The Morgan fingerprint density at radius 1 is 1.18 bits per heavy atom. The summed E-state index contributed by atoms with van der Waals surface area (Å²) in [4.78, 5) is 0. The lowest BCUT2D eigenvalue weighted by molar-refractivity contribution is -0.116. The average molecular weight is 268 g/mol. The molecule has 64 valence electrons. The molecule has 2 aliphatic carbocycles. The molecule has 0 spiro atoms. The zero-order valence-corrected chi connectivity index (χ0v) is 8.49. The second kappa shape index (κ2) is 2.57. The number of rotatable bonds is 1. The van der Waals surface area contributed by atoms with E-state index in [0.717, 1.165) is 12.3 Å². The van der Waals surface area contributed by atoms with Crippen molar-refractivity contribution in [3.8, 4) is 0 Å². The quantitative estimate of drug-likeness (QED) is 0.430. The minimum absolute atomic E-state index is 0.141. The lowest BCUT2D eigenvalue weighted by atomic mass is 9.88. The fraction of sp³-hybridized carbons (Fsp3) is 1.00. The van der Waals surface area contributed by atoms with E-state index < -0.39 is 3.79 Å². The molecule has 11 heavy (non-hydrogen) atoms. The Kier molecular flexibility index (Phi) is 1.93. The average Bonchev–Trinajstić information content (AvgIpc) is 2.42. The molecule has 0 saturated heterocycles. The number of hydrogen-bond donors (Lipinski definition) is 2. The van der Waals surface area contributed by atoms with Crippen LogP contribution in [0.3, 0.4) is 0 Å². The van der Waals surface area contributed by atoms with Gasteiger partial charge in [0.25, 0.3) is 0 Å². The first-order chi connectivity index (χ1) is 5.07. The minimum Gasteiger partial charge on any atom is -0.357 e. The molecule has 0 aromatic carbocycles. The van der Waals surface area contributed by atoms with Gasteiger partial charge < -0.3 is 10.2 Å². The van der Waals surface area contributed by atoms with Crippen LogP contribution in [0.15, 0.2) is 0 Å². The van der Waals surface area contributed by atoms with Crippen molar-refractivity contribution in [3.05, 3.63) is 0 Å².